The maximum atomic E-state index is 12.7. The molecule has 7 heteroatoms. The molecule has 22 heavy (non-hydrogen) atoms. The van der Waals surface area contributed by atoms with Crippen molar-refractivity contribution >= 4 is 11.6 Å². The van der Waals surface area contributed by atoms with Gasteiger partial charge in [0.2, 0.25) is 0 Å². The van der Waals surface area contributed by atoms with Crippen molar-refractivity contribution in [3.8, 4) is 5.75 Å². The van der Waals surface area contributed by atoms with Gasteiger partial charge in [0.05, 0.1) is 12.0 Å². The Kier molecular flexibility index (Phi) is 5.32. The number of nitrogens with zero attached hydrogens (tertiary/aromatic N) is 2. The van der Waals surface area contributed by atoms with Crippen LogP contribution in [-0.4, -0.2) is 42.0 Å². The maximum Gasteiger partial charge on any atom is 0.310 e. The Labute approximate surface area is 129 Å². The van der Waals surface area contributed by atoms with Gasteiger partial charge < -0.3 is 15.4 Å². The summed E-state index contributed by atoms with van der Waals surface area (Å²) in [7, 11) is 1.36. The van der Waals surface area contributed by atoms with E-state index in [1.807, 2.05) is 4.90 Å². The second-order valence-corrected chi connectivity index (χ2v) is 5.37. The molecule has 1 aromatic rings. The lowest BCUT2D eigenvalue weighted by atomic mass is 9.98. The molecule has 0 aromatic heterocycles. The first kappa shape index (κ1) is 16.2. The van der Waals surface area contributed by atoms with Crippen LogP contribution in [0.1, 0.15) is 36.0 Å². The van der Waals surface area contributed by atoms with Crippen LogP contribution in [0.5, 0.6) is 5.75 Å². The number of piperidine rings is 1. The summed E-state index contributed by atoms with van der Waals surface area (Å²) in [4.78, 5) is 24.9. The summed E-state index contributed by atoms with van der Waals surface area (Å²) in [5.41, 5.74) is 5.89. The number of benzene rings is 1. The number of likely N-dealkylation sites (tertiary alicyclic amines) is 1. The van der Waals surface area contributed by atoms with Crippen LogP contribution in [0, 0.1) is 10.1 Å². The average molecular weight is 307 g/mol. The first-order chi connectivity index (χ1) is 10.6. The van der Waals surface area contributed by atoms with E-state index in [0.29, 0.717) is 18.7 Å². The standard InChI is InChI=1S/C15H21N3O4/c1-22-14-10-11(5-6-13(14)18(20)21)15(19)17-9-3-2-4-12(17)7-8-16/h5-6,10,12H,2-4,7-9,16H2,1H3. The molecule has 120 valence electrons. The average Bonchev–Trinajstić information content (AvgIpc) is 2.54. The molecule has 0 spiro atoms. The molecule has 7 nitrogen and oxygen atoms in total. The largest absolute Gasteiger partial charge is 0.490 e. The van der Waals surface area contributed by atoms with Crippen molar-refractivity contribution in [2.75, 3.05) is 20.2 Å². The second-order valence-electron chi connectivity index (χ2n) is 5.37. The van der Waals surface area contributed by atoms with Crippen LogP contribution in [-0.2, 0) is 0 Å². The van der Waals surface area contributed by atoms with Crippen molar-refractivity contribution in [2.24, 2.45) is 5.73 Å². The summed E-state index contributed by atoms with van der Waals surface area (Å²) < 4.78 is 5.03. The van der Waals surface area contributed by atoms with E-state index in [9.17, 15) is 14.9 Å². The molecule has 0 bridgehead atoms. The third-order valence-corrected chi connectivity index (χ3v) is 4.01. The zero-order valence-electron chi connectivity index (χ0n) is 12.7. The van der Waals surface area contributed by atoms with Gasteiger partial charge in [-0.2, -0.15) is 0 Å². The molecule has 1 fully saturated rings. The summed E-state index contributed by atoms with van der Waals surface area (Å²) in [6, 6.07) is 4.38. The van der Waals surface area contributed by atoms with Gasteiger partial charge in [-0.3, -0.25) is 14.9 Å². The molecule has 1 heterocycles. The van der Waals surface area contributed by atoms with Gasteiger partial charge in [-0.25, -0.2) is 0 Å². The molecule has 2 N–H and O–H groups in total. The molecule has 1 aromatic carbocycles. The van der Waals surface area contributed by atoms with Gasteiger partial charge in [0.15, 0.2) is 5.75 Å². The van der Waals surface area contributed by atoms with E-state index in [1.54, 1.807) is 0 Å². The molecule has 1 aliphatic heterocycles. The van der Waals surface area contributed by atoms with Crippen LogP contribution in [0.2, 0.25) is 0 Å². The fraction of sp³-hybridized carbons (Fsp3) is 0.533. The van der Waals surface area contributed by atoms with Gasteiger partial charge >= 0.3 is 5.69 Å². The quantitative estimate of drug-likeness (QED) is 0.662. The highest BCUT2D eigenvalue weighted by atomic mass is 16.6. The summed E-state index contributed by atoms with van der Waals surface area (Å²) in [6.45, 7) is 1.24. The Morgan fingerprint density at radius 2 is 2.27 bits per heavy atom. The zero-order valence-corrected chi connectivity index (χ0v) is 12.7. The Bertz CT molecular complexity index is 560. The molecule has 0 saturated carbocycles. The molecular formula is C15H21N3O4. The van der Waals surface area contributed by atoms with Crippen molar-refractivity contribution in [1.29, 1.82) is 0 Å². The third-order valence-electron chi connectivity index (χ3n) is 4.01. The third kappa shape index (κ3) is 3.36. The monoisotopic (exact) mass is 307 g/mol. The van der Waals surface area contributed by atoms with Crippen molar-refractivity contribution in [3.05, 3.63) is 33.9 Å². The number of methoxy groups -OCH3 is 1. The number of nitrogens with two attached hydrogens (primary N) is 1. The molecule has 1 amide bonds. The molecule has 2 rings (SSSR count). The van der Waals surface area contributed by atoms with Crippen LogP contribution < -0.4 is 10.5 Å². The molecule has 1 aliphatic rings. The number of nitro groups is 1. The first-order valence-electron chi connectivity index (χ1n) is 7.42. The van der Waals surface area contributed by atoms with E-state index in [1.165, 1.54) is 25.3 Å². The highest BCUT2D eigenvalue weighted by molar-refractivity contribution is 5.95. The normalized spacial score (nSPS) is 18.1. The van der Waals surface area contributed by atoms with Crippen LogP contribution in [0.15, 0.2) is 18.2 Å². The fourth-order valence-electron chi connectivity index (χ4n) is 2.89. The van der Waals surface area contributed by atoms with Crippen molar-refractivity contribution in [2.45, 2.75) is 31.7 Å². The predicted octanol–water partition coefficient (Wildman–Crippen LogP) is 1.95. The van der Waals surface area contributed by atoms with E-state index in [0.717, 1.165) is 25.7 Å². The molecule has 0 radical (unpaired) electrons. The number of rotatable bonds is 5. The minimum atomic E-state index is -0.523. The Balaban J connectivity index is 2.26. The molecule has 1 atom stereocenters. The predicted molar refractivity (Wildman–Crippen MR) is 82.0 cm³/mol. The van der Waals surface area contributed by atoms with E-state index in [2.05, 4.69) is 0 Å². The van der Waals surface area contributed by atoms with Crippen molar-refractivity contribution in [1.82, 2.24) is 4.90 Å². The lowest BCUT2D eigenvalue weighted by Gasteiger charge is -2.35. The summed E-state index contributed by atoms with van der Waals surface area (Å²) in [6.07, 6.45) is 3.79. The number of hydrogen-bond donors (Lipinski definition) is 1. The number of ether oxygens (including phenoxy) is 1. The second kappa shape index (κ2) is 7.22. The highest BCUT2D eigenvalue weighted by Gasteiger charge is 2.28. The smallest absolute Gasteiger partial charge is 0.310 e. The van der Waals surface area contributed by atoms with E-state index >= 15 is 0 Å². The molecule has 1 unspecified atom stereocenters. The molecule has 1 saturated heterocycles. The minimum absolute atomic E-state index is 0.100. The first-order valence-corrected chi connectivity index (χ1v) is 7.42. The van der Waals surface area contributed by atoms with Crippen LogP contribution in [0.4, 0.5) is 5.69 Å². The lowest BCUT2D eigenvalue weighted by Crippen LogP contribution is -2.44. The van der Waals surface area contributed by atoms with Crippen molar-refractivity contribution in [3.63, 3.8) is 0 Å². The summed E-state index contributed by atoms with van der Waals surface area (Å²) in [5.74, 6) is -0.0189. The van der Waals surface area contributed by atoms with Crippen molar-refractivity contribution < 1.29 is 14.5 Å². The van der Waals surface area contributed by atoms with E-state index in [-0.39, 0.29) is 23.4 Å². The highest BCUT2D eigenvalue weighted by Crippen LogP contribution is 2.29. The van der Waals surface area contributed by atoms with Gasteiger partial charge in [-0.1, -0.05) is 0 Å². The van der Waals surface area contributed by atoms with E-state index < -0.39 is 4.92 Å². The van der Waals surface area contributed by atoms with E-state index in [4.69, 9.17) is 10.5 Å². The molecule has 0 aliphatic carbocycles. The number of carbonyl (C=O) groups excluding carboxylic acids is 1. The minimum Gasteiger partial charge on any atom is -0.490 e. The Morgan fingerprint density at radius 1 is 1.50 bits per heavy atom. The van der Waals surface area contributed by atoms with Gasteiger partial charge in [-0.15, -0.1) is 0 Å². The van der Waals surface area contributed by atoms with Crippen LogP contribution in [0.25, 0.3) is 0 Å². The Morgan fingerprint density at radius 3 is 2.91 bits per heavy atom. The Hall–Kier alpha value is -2.15. The number of amides is 1. The summed E-state index contributed by atoms with van der Waals surface area (Å²) >= 11 is 0. The van der Waals surface area contributed by atoms with Crippen LogP contribution in [0.3, 0.4) is 0 Å². The summed E-state index contributed by atoms with van der Waals surface area (Å²) in [5, 5.41) is 10.9. The number of carbonyl (C=O) groups is 1. The van der Waals surface area contributed by atoms with Crippen LogP contribution >= 0.6 is 0 Å². The SMILES string of the molecule is COc1cc(C(=O)N2CCCCC2CCN)ccc1[N+](=O)[O-]. The van der Waals surface area contributed by atoms with Gasteiger partial charge in [0.25, 0.3) is 5.91 Å². The molecular weight excluding hydrogens is 286 g/mol. The maximum absolute atomic E-state index is 12.7. The topological polar surface area (TPSA) is 98.7 Å². The number of nitro benzene ring substituents is 1. The van der Waals surface area contributed by atoms with Gasteiger partial charge in [0, 0.05) is 30.3 Å². The fourth-order valence-corrected chi connectivity index (χ4v) is 2.89. The zero-order chi connectivity index (χ0) is 16.1. The van der Waals surface area contributed by atoms with Gasteiger partial charge in [-0.05, 0) is 38.3 Å². The number of hydrogen-bond acceptors (Lipinski definition) is 5. The lowest BCUT2D eigenvalue weighted by molar-refractivity contribution is -0.385. The van der Waals surface area contributed by atoms with Gasteiger partial charge in [0.1, 0.15) is 0 Å².